The molecule has 1 N–H and O–H groups in total. The quantitative estimate of drug-likeness (QED) is 0.583. The first-order chi connectivity index (χ1) is 16.6. The van der Waals surface area contributed by atoms with Gasteiger partial charge >= 0.3 is 12.0 Å². The summed E-state index contributed by atoms with van der Waals surface area (Å²) in [4.78, 5) is 29.2. The molecule has 0 radical (unpaired) electrons. The Kier molecular flexibility index (Phi) is 8.58. The van der Waals surface area contributed by atoms with Crippen LogP contribution in [-0.2, 0) is 11.2 Å². The van der Waals surface area contributed by atoms with Crippen molar-refractivity contribution in [1.29, 1.82) is 0 Å². The second-order valence-corrected chi connectivity index (χ2v) is 9.60. The van der Waals surface area contributed by atoms with E-state index >= 15 is 0 Å². The summed E-state index contributed by atoms with van der Waals surface area (Å²) in [6.07, 6.45) is 5.84. The number of ether oxygens (including phenoxy) is 1. The third kappa shape index (κ3) is 6.83. The number of carbonyl (C=O) groups excluding carboxylic acids is 2. The highest BCUT2D eigenvalue weighted by atomic mass is 16.5. The van der Waals surface area contributed by atoms with Crippen LogP contribution in [0.3, 0.4) is 0 Å². The van der Waals surface area contributed by atoms with Crippen molar-refractivity contribution in [3.8, 4) is 0 Å². The molecule has 4 rings (SSSR count). The monoisotopic (exact) mass is 463 g/mol. The van der Waals surface area contributed by atoms with Crippen LogP contribution in [0.15, 0.2) is 54.6 Å². The molecule has 2 amide bonds. The lowest BCUT2D eigenvalue weighted by atomic mass is 9.89. The van der Waals surface area contributed by atoms with E-state index in [4.69, 9.17) is 4.74 Å². The number of amides is 2. The Bertz CT molecular complexity index is 933. The number of carbonyl (C=O) groups is 2. The zero-order chi connectivity index (χ0) is 23.8. The summed E-state index contributed by atoms with van der Waals surface area (Å²) in [5, 5.41) is 2.94. The van der Waals surface area contributed by atoms with Crippen molar-refractivity contribution in [1.82, 2.24) is 9.80 Å². The highest BCUT2D eigenvalue weighted by Gasteiger charge is 2.26. The van der Waals surface area contributed by atoms with Crippen LogP contribution < -0.4 is 5.32 Å². The summed E-state index contributed by atoms with van der Waals surface area (Å²) in [7, 11) is 0. The van der Waals surface area contributed by atoms with Crippen LogP contribution in [0.2, 0.25) is 0 Å². The maximum atomic E-state index is 12.7. The summed E-state index contributed by atoms with van der Waals surface area (Å²) in [5.74, 6) is 1.08. The van der Waals surface area contributed by atoms with Gasteiger partial charge in [0.1, 0.15) is 0 Å². The molecular formula is C28H37N3O3. The lowest BCUT2D eigenvalue weighted by Crippen LogP contribution is -2.44. The van der Waals surface area contributed by atoms with Crippen LogP contribution >= 0.6 is 0 Å². The fourth-order valence-corrected chi connectivity index (χ4v) is 5.15. The molecule has 2 aromatic carbocycles. The van der Waals surface area contributed by atoms with E-state index in [0.717, 1.165) is 38.4 Å². The molecule has 0 saturated carbocycles. The molecule has 0 unspecified atom stereocenters. The smallest absolute Gasteiger partial charge is 0.338 e. The summed E-state index contributed by atoms with van der Waals surface area (Å²) < 4.78 is 5.04. The molecule has 2 aliphatic heterocycles. The highest BCUT2D eigenvalue weighted by Crippen LogP contribution is 2.25. The van der Waals surface area contributed by atoms with Crippen molar-refractivity contribution in [2.45, 2.75) is 39.0 Å². The van der Waals surface area contributed by atoms with Crippen LogP contribution in [0.5, 0.6) is 0 Å². The Balaban J connectivity index is 1.17. The van der Waals surface area contributed by atoms with Gasteiger partial charge in [-0.3, -0.25) is 0 Å². The molecule has 0 spiro atoms. The first-order valence-corrected chi connectivity index (χ1v) is 12.7. The molecule has 2 aromatic rings. The Labute approximate surface area is 203 Å². The molecule has 0 atom stereocenters. The minimum atomic E-state index is -0.372. The Morgan fingerprint density at radius 1 is 0.912 bits per heavy atom. The van der Waals surface area contributed by atoms with Crippen LogP contribution in [0.1, 0.15) is 48.5 Å². The van der Waals surface area contributed by atoms with Gasteiger partial charge in [-0.2, -0.15) is 0 Å². The molecule has 182 valence electrons. The third-order valence-electron chi connectivity index (χ3n) is 7.12. The number of likely N-dealkylation sites (tertiary alicyclic amines) is 2. The molecule has 2 fully saturated rings. The Morgan fingerprint density at radius 2 is 1.62 bits per heavy atom. The molecule has 2 heterocycles. The average Bonchev–Trinajstić information content (AvgIpc) is 2.87. The number of esters is 1. The molecule has 2 saturated heterocycles. The molecule has 34 heavy (non-hydrogen) atoms. The van der Waals surface area contributed by atoms with Gasteiger partial charge in [-0.25, -0.2) is 9.59 Å². The van der Waals surface area contributed by atoms with E-state index < -0.39 is 0 Å². The van der Waals surface area contributed by atoms with Gasteiger partial charge in [0.05, 0.1) is 12.2 Å². The SMILES string of the molecule is CCOC(=O)c1cccc(NC(=O)N2CCC(CN3CCC(Cc4ccccc4)CC3)CC2)c1. The number of rotatable bonds is 7. The average molecular weight is 464 g/mol. The molecule has 0 aliphatic carbocycles. The van der Waals surface area contributed by atoms with E-state index in [1.54, 1.807) is 31.2 Å². The summed E-state index contributed by atoms with van der Waals surface area (Å²) in [6, 6.07) is 17.7. The minimum absolute atomic E-state index is 0.0961. The predicted molar refractivity (Wildman–Crippen MR) is 135 cm³/mol. The number of nitrogens with zero attached hydrogens (tertiary/aromatic N) is 2. The molecule has 6 nitrogen and oxygen atoms in total. The summed E-state index contributed by atoms with van der Waals surface area (Å²) >= 11 is 0. The fraction of sp³-hybridized carbons (Fsp3) is 0.500. The Hall–Kier alpha value is -2.86. The normalized spacial score (nSPS) is 18.0. The van der Waals surface area contributed by atoms with Crippen LogP contribution in [0, 0.1) is 11.8 Å². The second-order valence-electron chi connectivity index (χ2n) is 9.60. The molecule has 6 heteroatoms. The van der Waals surface area contributed by atoms with Crippen molar-refractivity contribution in [2.75, 3.05) is 44.6 Å². The zero-order valence-electron chi connectivity index (χ0n) is 20.2. The van der Waals surface area contributed by atoms with Gasteiger partial charge in [-0.15, -0.1) is 0 Å². The van der Waals surface area contributed by atoms with Crippen LogP contribution in [-0.4, -0.2) is 61.1 Å². The largest absolute Gasteiger partial charge is 0.462 e. The van der Waals surface area contributed by atoms with E-state index in [-0.39, 0.29) is 12.0 Å². The second kappa shape index (κ2) is 12.0. The van der Waals surface area contributed by atoms with Crippen LogP contribution in [0.4, 0.5) is 10.5 Å². The third-order valence-corrected chi connectivity index (χ3v) is 7.12. The first-order valence-electron chi connectivity index (χ1n) is 12.7. The van der Waals surface area contributed by atoms with Gasteiger partial charge in [0.25, 0.3) is 0 Å². The van der Waals surface area contributed by atoms with Gasteiger partial charge < -0.3 is 19.9 Å². The maximum absolute atomic E-state index is 12.7. The van der Waals surface area contributed by atoms with Crippen molar-refractivity contribution >= 4 is 17.7 Å². The van der Waals surface area contributed by atoms with Crippen LogP contribution in [0.25, 0.3) is 0 Å². The lowest BCUT2D eigenvalue weighted by molar-refractivity contribution is 0.0526. The number of hydrogen-bond acceptors (Lipinski definition) is 4. The molecule has 2 aliphatic rings. The minimum Gasteiger partial charge on any atom is -0.462 e. The molecule has 0 bridgehead atoms. The first kappa shape index (κ1) is 24.3. The van der Waals surface area contributed by atoms with Gasteiger partial charge in [-0.05, 0) is 87.7 Å². The Morgan fingerprint density at radius 3 is 2.32 bits per heavy atom. The standard InChI is InChI=1S/C28H37N3O3/c1-2-34-27(32)25-9-6-10-26(20-25)29-28(33)31-17-13-24(14-18-31)21-30-15-11-23(12-16-30)19-22-7-4-3-5-8-22/h3-10,20,23-24H,2,11-19,21H2,1H3,(H,29,33). The molecule has 0 aromatic heterocycles. The molecular weight excluding hydrogens is 426 g/mol. The number of hydrogen-bond donors (Lipinski definition) is 1. The van der Waals surface area contributed by atoms with Gasteiger partial charge in [0.2, 0.25) is 0 Å². The van der Waals surface area contributed by atoms with E-state index in [9.17, 15) is 9.59 Å². The fourth-order valence-electron chi connectivity index (χ4n) is 5.15. The van der Waals surface area contributed by atoms with E-state index in [2.05, 4.69) is 40.5 Å². The number of benzene rings is 2. The predicted octanol–water partition coefficient (Wildman–Crippen LogP) is 5.06. The van der Waals surface area contributed by atoms with E-state index in [1.807, 2.05) is 4.90 Å². The number of nitrogens with one attached hydrogen (secondary N) is 1. The van der Waals surface area contributed by atoms with Crippen molar-refractivity contribution in [2.24, 2.45) is 11.8 Å². The zero-order valence-corrected chi connectivity index (χ0v) is 20.2. The van der Waals surface area contributed by atoms with E-state index in [0.29, 0.717) is 23.8 Å². The topological polar surface area (TPSA) is 61.9 Å². The highest BCUT2D eigenvalue weighted by molar-refractivity contribution is 5.94. The van der Waals surface area contributed by atoms with E-state index in [1.165, 1.54) is 37.9 Å². The van der Waals surface area contributed by atoms with Gasteiger partial charge in [0, 0.05) is 25.3 Å². The number of urea groups is 1. The van der Waals surface area contributed by atoms with Gasteiger partial charge in [-0.1, -0.05) is 36.4 Å². The lowest BCUT2D eigenvalue weighted by Gasteiger charge is -2.37. The number of piperidine rings is 2. The summed E-state index contributed by atoms with van der Waals surface area (Å²) in [6.45, 7) is 7.19. The summed E-state index contributed by atoms with van der Waals surface area (Å²) in [5.41, 5.74) is 2.53. The maximum Gasteiger partial charge on any atom is 0.338 e. The van der Waals surface area contributed by atoms with Crippen molar-refractivity contribution in [3.63, 3.8) is 0 Å². The van der Waals surface area contributed by atoms with Gasteiger partial charge in [0.15, 0.2) is 0 Å². The van der Waals surface area contributed by atoms with Crippen molar-refractivity contribution in [3.05, 3.63) is 65.7 Å². The van der Waals surface area contributed by atoms with Crippen molar-refractivity contribution < 1.29 is 14.3 Å². The number of anilines is 1.